The fourth-order valence-corrected chi connectivity index (χ4v) is 3.23. The van der Waals surface area contributed by atoms with Gasteiger partial charge in [-0.1, -0.05) is 29.3 Å². The molecule has 11 heteroatoms. The van der Waals surface area contributed by atoms with Gasteiger partial charge in [-0.25, -0.2) is 13.9 Å². The van der Waals surface area contributed by atoms with Crippen LogP contribution in [0, 0.1) is 5.82 Å². The van der Waals surface area contributed by atoms with Crippen LogP contribution in [-0.2, 0) is 12.6 Å². The van der Waals surface area contributed by atoms with E-state index in [1.54, 1.807) is 18.2 Å². The maximum atomic E-state index is 13.5. The molecule has 2 aromatic carbocycles. The molecule has 0 fully saturated rings. The molecule has 1 heterocycles. The molecule has 1 aromatic heterocycles. The molecule has 158 valence electrons. The van der Waals surface area contributed by atoms with Crippen LogP contribution in [0.25, 0.3) is 5.69 Å². The Morgan fingerprint density at radius 3 is 2.33 bits per heavy atom. The second kappa shape index (κ2) is 8.93. The first-order chi connectivity index (χ1) is 14.2. The maximum absolute atomic E-state index is 13.5. The Morgan fingerprint density at radius 1 is 1.10 bits per heavy atom. The molecule has 0 aliphatic heterocycles. The Bertz CT molecular complexity index is 1030. The Balaban J connectivity index is 1.73. The first-order valence-electron chi connectivity index (χ1n) is 8.46. The number of aromatic nitrogens is 2. The first kappa shape index (κ1) is 21.9. The predicted molar refractivity (Wildman–Crippen MR) is 103 cm³/mol. The average Bonchev–Trinajstić information content (AvgIpc) is 3.08. The van der Waals surface area contributed by atoms with Crippen molar-refractivity contribution in [2.24, 2.45) is 0 Å². The summed E-state index contributed by atoms with van der Waals surface area (Å²) >= 11 is 12.1. The molecular formula is C19H13Cl2F4N3O2. The molecule has 0 spiro atoms. The van der Waals surface area contributed by atoms with Crippen LogP contribution in [0.3, 0.4) is 0 Å². The summed E-state index contributed by atoms with van der Waals surface area (Å²) in [5.41, 5.74) is -0.771. The summed E-state index contributed by atoms with van der Waals surface area (Å²) in [6.07, 6.45) is -4.99. The molecule has 5 nitrogen and oxygen atoms in total. The van der Waals surface area contributed by atoms with Crippen LogP contribution >= 0.6 is 23.2 Å². The number of carbonyl (C=O) groups is 1. The summed E-state index contributed by atoms with van der Waals surface area (Å²) in [6, 6.07) is 9.13. The van der Waals surface area contributed by atoms with Gasteiger partial charge in [0.1, 0.15) is 5.82 Å². The van der Waals surface area contributed by atoms with Gasteiger partial charge in [-0.05, 0) is 48.4 Å². The van der Waals surface area contributed by atoms with Gasteiger partial charge in [0.15, 0.2) is 11.4 Å². The summed E-state index contributed by atoms with van der Waals surface area (Å²) < 4.78 is 59.0. The minimum absolute atomic E-state index is 0.0235. The number of alkyl halides is 3. The number of amides is 1. The molecule has 1 N–H and O–H groups in total. The molecule has 0 saturated heterocycles. The van der Waals surface area contributed by atoms with Crippen molar-refractivity contribution in [3.05, 3.63) is 75.8 Å². The minimum atomic E-state index is -4.88. The molecule has 0 bridgehead atoms. The number of hydrogen-bond acceptors (Lipinski definition) is 3. The number of nitrogens with zero attached hydrogens (tertiary/aromatic N) is 2. The van der Waals surface area contributed by atoms with E-state index in [0.717, 1.165) is 30.5 Å². The van der Waals surface area contributed by atoms with E-state index in [9.17, 15) is 22.4 Å². The van der Waals surface area contributed by atoms with Crippen LogP contribution in [0.5, 0.6) is 5.75 Å². The van der Waals surface area contributed by atoms with Crippen LogP contribution in [0.15, 0.2) is 48.7 Å². The van der Waals surface area contributed by atoms with Gasteiger partial charge in [-0.2, -0.15) is 18.3 Å². The Labute approximate surface area is 178 Å². The summed E-state index contributed by atoms with van der Waals surface area (Å²) in [4.78, 5) is 12.0. The van der Waals surface area contributed by atoms with Crippen molar-refractivity contribution in [3.8, 4) is 11.4 Å². The fraction of sp³-hybridized carbons (Fsp3) is 0.158. The van der Waals surface area contributed by atoms with Crippen molar-refractivity contribution in [2.75, 3.05) is 6.54 Å². The lowest BCUT2D eigenvalue weighted by Gasteiger charge is -2.13. The SMILES string of the molecule is O=C(NCCc1c(Cl)cccc1Cl)Oc1cnn(-c2ccc(F)cc2)c1C(F)(F)F. The standard InChI is InChI=1S/C19H13Cl2F4N3O2/c20-14-2-1-3-15(21)13(14)8-9-26-18(29)30-16-10-27-28(17(16)19(23,24)25)12-6-4-11(22)5-7-12/h1-7,10H,8-9H2,(H,26,29). The lowest BCUT2D eigenvalue weighted by Crippen LogP contribution is -2.29. The third-order valence-corrected chi connectivity index (χ3v) is 4.69. The van der Waals surface area contributed by atoms with Crippen molar-refractivity contribution in [1.82, 2.24) is 15.1 Å². The third-order valence-electron chi connectivity index (χ3n) is 3.98. The van der Waals surface area contributed by atoms with Crippen molar-refractivity contribution < 1.29 is 27.1 Å². The van der Waals surface area contributed by atoms with E-state index in [4.69, 9.17) is 27.9 Å². The summed E-state index contributed by atoms with van der Waals surface area (Å²) in [5, 5.41) is 6.76. The highest BCUT2D eigenvalue weighted by Gasteiger charge is 2.40. The lowest BCUT2D eigenvalue weighted by atomic mass is 10.1. The molecule has 0 unspecified atom stereocenters. The first-order valence-corrected chi connectivity index (χ1v) is 9.22. The number of halogens is 6. The number of nitrogens with one attached hydrogen (secondary N) is 1. The highest BCUT2D eigenvalue weighted by Crippen LogP contribution is 2.37. The number of benzene rings is 2. The zero-order valence-electron chi connectivity index (χ0n) is 15.0. The Kier molecular flexibility index (Phi) is 6.52. The average molecular weight is 462 g/mol. The minimum Gasteiger partial charge on any atom is -0.406 e. The molecule has 1 amide bonds. The van der Waals surface area contributed by atoms with Crippen LogP contribution in [0.4, 0.5) is 22.4 Å². The van der Waals surface area contributed by atoms with Gasteiger partial charge in [0, 0.05) is 16.6 Å². The van der Waals surface area contributed by atoms with Crippen LogP contribution in [0.2, 0.25) is 10.0 Å². The highest BCUT2D eigenvalue weighted by molar-refractivity contribution is 6.36. The van der Waals surface area contributed by atoms with Gasteiger partial charge in [-0.3, -0.25) is 0 Å². The van der Waals surface area contributed by atoms with Crippen molar-refractivity contribution in [3.63, 3.8) is 0 Å². The molecule has 30 heavy (non-hydrogen) atoms. The van der Waals surface area contributed by atoms with Crippen molar-refractivity contribution in [1.29, 1.82) is 0 Å². The Hall–Kier alpha value is -2.78. The fourth-order valence-electron chi connectivity index (χ4n) is 2.64. The molecule has 0 aliphatic carbocycles. The highest BCUT2D eigenvalue weighted by atomic mass is 35.5. The van der Waals surface area contributed by atoms with Crippen molar-refractivity contribution in [2.45, 2.75) is 12.6 Å². The summed E-state index contributed by atoms with van der Waals surface area (Å²) in [7, 11) is 0. The van der Waals surface area contributed by atoms with Crippen LogP contribution in [0.1, 0.15) is 11.3 Å². The van der Waals surface area contributed by atoms with Crippen molar-refractivity contribution >= 4 is 29.3 Å². The van der Waals surface area contributed by atoms with Crippen LogP contribution in [-0.4, -0.2) is 22.4 Å². The second-order valence-electron chi connectivity index (χ2n) is 6.01. The number of ether oxygens (including phenoxy) is 1. The third kappa shape index (κ3) is 5.03. The molecular weight excluding hydrogens is 449 g/mol. The largest absolute Gasteiger partial charge is 0.437 e. The summed E-state index contributed by atoms with van der Waals surface area (Å²) in [5.74, 6) is -1.41. The topological polar surface area (TPSA) is 56.1 Å². The molecule has 0 aliphatic rings. The molecule has 0 radical (unpaired) electrons. The van der Waals surface area contributed by atoms with E-state index in [0.29, 0.717) is 20.3 Å². The lowest BCUT2D eigenvalue weighted by molar-refractivity contribution is -0.143. The van der Waals surface area contributed by atoms with E-state index in [-0.39, 0.29) is 18.7 Å². The van der Waals surface area contributed by atoms with Gasteiger partial charge in [0.05, 0.1) is 11.9 Å². The van der Waals surface area contributed by atoms with Gasteiger partial charge >= 0.3 is 12.3 Å². The van der Waals surface area contributed by atoms with E-state index < -0.39 is 29.5 Å². The molecule has 0 saturated carbocycles. The molecule has 3 rings (SSSR count). The predicted octanol–water partition coefficient (Wildman–Crippen LogP) is 5.67. The second-order valence-corrected chi connectivity index (χ2v) is 6.82. The number of hydrogen-bond donors (Lipinski definition) is 1. The van der Waals surface area contributed by atoms with E-state index >= 15 is 0 Å². The van der Waals surface area contributed by atoms with E-state index in [2.05, 4.69) is 10.4 Å². The van der Waals surface area contributed by atoms with Gasteiger partial charge in [-0.15, -0.1) is 0 Å². The zero-order valence-corrected chi connectivity index (χ0v) is 16.5. The van der Waals surface area contributed by atoms with Gasteiger partial charge < -0.3 is 10.1 Å². The molecule has 3 aromatic rings. The van der Waals surface area contributed by atoms with Gasteiger partial charge in [0.2, 0.25) is 0 Å². The maximum Gasteiger partial charge on any atom is 0.437 e. The normalized spacial score (nSPS) is 11.4. The molecule has 0 atom stereocenters. The smallest absolute Gasteiger partial charge is 0.406 e. The number of rotatable bonds is 5. The van der Waals surface area contributed by atoms with Crippen LogP contribution < -0.4 is 10.1 Å². The number of carbonyl (C=O) groups excluding carboxylic acids is 1. The van der Waals surface area contributed by atoms with Gasteiger partial charge in [0.25, 0.3) is 0 Å². The Morgan fingerprint density at radius 2 is 1.73 bits per heavy atom. The zero-order chi connectivity index (χ0) is 21.9. The summed E-state index contributed by atoms with van der Waals surface area (Å²) in [6.45, 7) is 0.0235. The van der Waals surface area contributed by atoms with E-state index in [1.165, 1.54) is 0 Å². The quantitative estimate of drug-likeness (QED) is 0.498. The van der Waals surface area contributed by atoms with E-state index in [1.807, 2.05) is 0 Å². The monoisotopic (exact) mass is 461 g/mol.